The van der Waals surface area contributed by atoms with E-state index >= 15 is 0 Å². The van der Waals surface area contributed by atoms with Crippen LogP contribution < -0.4 is 5.32 Å². The van der Waals surface area contributed by atoms with Gasteiger partial charge in [-0.15, -0.1) is 0 Å². The molecule has 1 N–H and O–H groups in total. The Morgan fingerprint density at radius 2 is 2.00 bits per heavy atom. The average molecular weight is 368 g/mol. The molecule has 6 rings (SSSR count). The van der Waals surface area contributed by atoms with Crippen LogP contribution in [-0.4, -0.2) is 26.2 Å². The van der Waals surface area contributed by atoms with E-state index in [1.165, 1.54) is 23.8 Å². The highest BCUT2D eigenvalue weighted by atomic mass is 35.5. The van der Waals surface area contributed by atoms with E-state index in [4.69, 9.17) is 16.3 Å². The Balaban J connectivity index is 1.64. The molecule has 1 aliphatic heterocycles. The summed E-state index contributed by atoms with van der Waals surface area (Å²) in [5.74, 6) is 0.967. The smallest absolute Gasteiger partial charge is 0.314 e. The molecule has 2 aromatic rings. The number of ether oxygens (including phenoxy) is 1. The minimum absolute atomic E-state index is 0.0354. The Morgan fingerprint density at radius 1 is 1.15 bits per heavy atom. The van der Waals surface area contributed by atoms with Crippen LogP contribution in [0.4, 0.5) is 0 Å². The molecule has 0 radical (unpaired) electrons. The number of hydrogen-bond acceptors (Lipinski definition) is 3. The summed E-state index contributed by atoms with van der Waals surface area (Å²) in [6.45, 7) is 1.64. The zero-order valence-corrected chi connectivity index (χ0v) is 15.6. The molecule has 4 atom stereocenters. The van der Waals surface area contributed by atoms with Crippen LogP contribution in [0.5, 0.6) is 0 Å². The van der Waals surface area contributed by atoms with E-state index < -0.39 is 0 Å². The molecular weight excluding hydrogens is 346 g/mol. The van der Waals surface area contributed by atoms with Gasteiger partial charge in [0.05, 0.1) is 12.5 Å². The maximum absolute atomic E-state index is 12.8. The monoisotopic (exact) mass is 367 g/mol. The third kappa shape index (κ3) is 2.07. The molecule has 1 heterocycles. The van der Waals surface area contributed by atoms with E-state index in [-0.39, 0.29) is 17.3 Å². The molecule has 2 bridgehead atoms. The number of methoxy groups -OCH3 is 1. The van der Waals surface area contributed by atoms with E-state index in [0.717, 1.165) is 36.5 Å². The summed E-state index contributed by atoms with van der Waals surface area (Å²) in [4.78, 5) is 12.8. The van der Waals surface area contributed by atoms with Gasteiger partial charge >= 0.3 is 5.97 Å². The van der Waals surface area contributed by atoms with Gasteiger partial charge < -0.3 is 10.1 Å². The second-order valence-corrected chi connectivity index (χ2v) is 8.30. The van der Waals surface area contributed by atoms with Crippen LogP contribution in [-0.2, 0) is 9.53 Å². The Labute approximate surface area is 158 Å². The maximum atomic E-state index is 12.8. The topological polar surface area (TPSA) is 38.3 Å². The van der Waals surface area contributed by atoms with Crippen molar-refractivity contribution >= 4 is 17.6 Å². The number of carbonyl (C=O) groups excluding carboxylic acids is 1. The van der Waals surface area contributed by atoms with Gasteiger partial charge in [-0.1, -0.05) is 41.9 Å². The maximum Gasteiger partial charge on any atom is 0.314 e. The summed E-state index contributed by atoms with van der Waals surface area (Å²) < 4.78 is 5.27. The highest BCUT2D eigenvalue weighted by molar-refractivity contribution is 6.30. The highest BCUT2D eigenvalue weighted by Crippen LogP contribution is 2.63. The third-order valence-electron chi connectivity index (χ3n) is 6.90. The largest absolute Gasteiger partial charge is 0.469 e. The zero-order chi connectivity index (χ0) is 17.9. The lowest BCUT2D eigenvalue weighted by Crippen LogP contribution is -2.52. The van der Waals surface area contributed by atoms with Crippen LogP contribution in [0.15, 0.2) is 42.5 Å². The zero-order valence-electron chi connectivity index (χ0n) is 14.8. The minimum Gasteiger partial charge on any atom is -0.469 e. The molecule has 26 heavy (non-hydrogen) atoms. The Bertz CT molecular complexity index is 895. The van der Waals surface area contributed by atoms with Crippen LogP contribution in [0.25, 0.3) is 11.1 Å². The number of rotatable bonds is 2. The molecule has 1 saturated carbocycles. The molecule has 4 heteroatoms. The molecule has 0 amide bonds. The third-order valence-corrected chi connectivity index (χ3v) is 7.14. The van der Waals surface area contributed by atoms with Crippen LogP contribution in [0.2, 0.25) is 5.02 Å². The second-order valence-electron chi connectivity index (χ2n) is 7.86. The van der Waals surface area contributed by atoms with E-state index in [9.17, 15) is 4.79 Å². The summed E-state index contributed by atoms with van der Waals surface area (Å²) in [6, 6.07) is 14.8. The van der Waals surface area contributed by atoms with Crippen molar-refractivity contribution in [1.29, 1.82) is 0 Å². The first kappa shape index (κ1) is 16.3. The van der Waals surface area contributed by atoms with E-state index in [1.54, 1.807) is 0 Å². The molecule has 4 aliphatic rings. The molecule has 2 aromatic carbocycles. The highest BCUT2D eigenvalue weighted by Gasteiger charge is 2.63. The number of carbonyl (C=O) groups is 1. The molecule has 3 aliphatic carbocycles. The number of hydrogen-bond donors (Lipinski definition) is 1. The van der Waals surface area contributed by atoms with Gasteiger partial charge in [-0.2, -0.15) is 0 Å². The molecule has 134 valence electrons. The van der Waals surface area contributed by atoms with Crippen molar-refractivity contribution in [2.45, 2.75) is 24.7 Å². The predicted octanol–water partition coefficient (Wildman–Crippen LogP) is 4.36. The number of nitrogens with one attached hydrogen (secondary N) is 1. The van der Waals surface area contributed by atoms with Gasteiger partial charge in [0, 0.05) is 17.5 Å². The Kier molecular flexibility index (Phi) is 3.67. The first-order valence-electron chi connectivity index (χ1n) is 9.34. The van der Waals surface area contributed by atoms with Crippen molar-refractivity contribution in [1.82, 2.24) is 5.32 Å². The fourth-order valence-corrected chi connectivity index (χ4v) is 6.05. The van der Waals surface area contributed by atoms with E-state index in [0.29, 0.717) is 11.8 Å². The molecule has 3 nitrogen and oxygen atoms in total. The fourth-order valence-electron chi connectivity index (χ4n) is 5.86. The number of fused-ring (bicyclic) bond motifs is 1. The first-order valence-corrected chi connectivity index (χ1v) is 9.72. The fraction of sp³-hybridized carbons (Fsp3) is 0.409. The Morgan fingerprint density at radius 3 is 2.81 bits per heavy atom. The lowest BCUT2D eigenvalue weighted by Gasteiger charge is -2.52. The van der Waals surface area contributed by atoms with Gasteiger partial charge in [-0.3, -0.25) is 4.79 Å². The van der Waals surface area contributed by atoms with E-state index in [1.807, 2.05) is 18.2 Å². The van der Waals surface area contributed by atoms with Gasteiger partial charge in [0.1, 0.15) is 0 Å². The van der Waals surface area contributed by atoms with Crippen molar-refractivity contribution in [2.75, 3.05) is 20.2 Å². The SMILES string of the molecule is COC(=O)C12CNCC1C1CCC2c2ccc(-c3cccc(Cl)c3)cc21. The molecule has 2 fully saturated rings. The average Bonchev–Trinajstić information content (AvgIpc) is 3.15. The van der Waals surface area contributed by atoms with Gasteiger partial charge in [-0.25, -0.2) is 0 Å². The van der Waals surface area contributed by atoms with Crippen LogP contribution >= 0.6 is 11.6 Å². The molecule has 0 aromatic heterocycles. The van der Waals surface area contributed by atoms with Crippen molar-refractivity contribution in [3.63, 3.8) is 0 Å². The summed E-state index contributed by atoms with van der Waals surface area (Å²) in [6.07, 6.45) is 2.23. The number of esters is 1. The lowest BCUT2D eigenvalue weighted by molar-refractivity contribution is -0.159. The molecule has 4 unspecified atom stereocenters. The predicted molar refractivity (Wildman–Crippen MR) is 102 cm³/mol. The van der Waals surface area contributed by atoms with Gasteiger partial charge in [0.15, 0.2) is 0 Å². The second kappa shape index (κ2) is 5.83. The molecule has 1 saturated heterocycles. The van der Waals surface area contributed by atoms with E-state index in [2.05, 4.69) is 29.6 Å². The minimum atomic E-state index is -0.387. The number of benzene rings is 2. The standard InChI is InChI=1S/C22H22ClNO2/c1-26-21(25)22-12-24-11-20(22)17-7-8-19(22)16-6-5-14(10-18(16)17)13-3-2-4-15(23)9-13/h2-6,9-10,17,19-20,24H,7-8,11-12H2,1H3. The Hall–Kier alpha value is -1.84. The van der Waals surface area contributed by atoms with Crippen molar-refractivity contribution < 1.29 is 9.53 Å². The molecular formula is C22H22ClNO2. The quantitative estimate of drug-likeness (QED) is 0.801. The van der Waals surface area contributed by atoms with Gasteiger partial charge in [-0.05, 0) is 65.6 Å². The molecule has 0 spiro atoms. The summed E-state index contributed by atoms with van der Waals surface area (Å²) in [7, 11) is 1.53. The van der Waals surface area contributed by atoms with Crippen LogP contribution in [0.1, 0.15) is 35.8 Å². The van der Waals surface area contributed by atoms with Crippen LogP contribution in [0.3, 0.4) is 0 Å². The lowest BCUT2D eigenvalue weighted by atomic mass is 9.49. The van der Waals surface area contributed by atoms with Crippen molar-refractivity contribution in [3.05, 3.63) is 58.6 Å². The van der Waals surface area contributed by atoms with Gasteiger partial charge in [0.25, 0.3) is 0 Å². The summed E-state index contributed by atoms with van der Waals surface area (Å²) in [5, 5.41) is 4.25. The van der Waals surface area contributed by atoms with Crippen LogP contribution in [0, 0.1) is 11.3 Å². The number of halogens is 1. The van der Waals surface area contributed by atoms with Gasteiger partial charge in [0.2, 0.25) is 0 Å². The summed E-state index contributed by atoms with van der Waals surface area (Å²) in [5.41, 5.74) is 4.73. The van der Waals surface area contributed by atoms with Crippen molar-refractivity contribution in [2.24, 2.45) is 11.3 Å². The van der Waals surface area contributed by atoms with Crippen molar-refractivity contribution in [3.8, 4) is 11.1 Å². The summed E-state index contributed by atoms with van der Waals surface area (Å²) >= 11 is 6.18. The normalized spacial score (nSPS) is 31.4. The first-order chi connectivity index (χ1) is 12.6.